The molecular formula is C15H27N3O2S. The van der Waals surface area contributed by atoms with Crippen molar-refractivity contribution in [2.75, 3.05) is 27.2 Å². The lowest BCUT2D eigenvalue weighted by atomic mass is 10.1. The Balaban J connectivity index is 2.62. The predicted octanol–water partition coefficient (Wildman–Crippen LogP) is 1.72. The van der Waals surface area contributed by atoms with Crippen LogP contribution in [0.4, 0.5) is 0 Å². The molecule has 0 aliphatic heterocycles. The standard InChI is InChI=1S/C15H27N3O2S/c1-4-15(16)13-8-7-9-14(12-13)21(19,20)17-10-5-6-11-18(2)3/h7-9,12,15,17H,4-6,10-11,16H2,1-3H3. The predicted molar refractivity (Wildman–Crippen MR) is 86.6 cm³/mol. The van der Waals surface area contributed by atoms with Gasteiger partial charge in [0.25, 0.3) is 0 Å². The molecule has 0 heterocycles. The third kappa shape index (κ3) is 6.13. The number of sulfonamides is 1. The molecule has 0 radical (unpaired) electrons. The molecule has 0 saturated carbocycles. The lowest BCUT2D eigenvalue weighted by Gasteiger charge is -2.12. The van der Waals surface area contributed by atoms with Crippen LogP contribution < -0.4 is 10.5 Å². The molecule has 0 fully saturated rings. The van der Waals surface area contributed by atoms with E-state index in [9.17, 15) is 8.42 Å². The minimum atomic E-state index is -3.44. The summed E-state index contributed by atoms with van der Waals surface area (Å²) in [6.45, 7) is 3.40. The molecule has 5 nitrogen and oxygen atoms in total. The molecule has 1 rings (SSSR count). The summed E-state index contributed by atoms with van der Waals surface area (Å²) in [6, 6.07) is 6.75. The Morgan fingerprint density at radius 2 is 2.00 bits per heavy atom. The van der Waals surface area contributed by atoms with Crippen molar-refractivity contribution in [2.24, 2.45) is 5.73 Å². The quantitative estimate of drug-likeness (QED) is 0.681. The fraction of sp³-hybridized carbons (Fsp3) is 0.600. The second-order valence-corrected chi connectivity index (χ2v) is 7.26. The van der Waals surface area contributed by atoms with Crippen LogP contribution >= 0.6 is 0 Å². The Labute approximate surface area is 128 Å². The Bertz CT molecular complexity index is 529. The molecule has 1 aromatic carbocycles. The van der Waals surface area contributed by atoms with Gasteiger partial charge < -0.3 is 10.6 Å². The topological polar surface area (TPSA) is 75.4 Å². The van der Waals surface area contributed by atoms with E-state index in [0.29, 0.717) is 6.54 Å². The van der Waals surface area contributed by atoms with E-state index in [1.54, 1.807) is 18.2 Å². The van der Waals surface area contributed by atoms with E-state index in [4.69, 9.17) is 5.73 Å². The number of benzene rings is 1. The van der Waals surface area contributed by atoms with Crippen molar-refractivity contribution in [2.45, 2.75) is 37.1 Å². The Hall–Kier alpha value is -0.950. The summed E-state index contributed by atoms with van der Waals surface area (Å²) in [5, 5.41) is 0. The minimum absolute atomic E-state index is 0.125. The molecule has 1 aromatic rings. The van der Waals surface area contributed by atoms with Gasteiger partial charge in [-0.15, -0.1) is 0 Å². The average molecular weight is 313 g/mol. The lowest BCUT2D eigenvalue weighted by Crippen LogP contribution is -2.26. The van der Waals surface area contributed by atoms with Gasteiger partial charge in [0.15, 0.2) is 0 Å². The van der Waals surface area contributed by atoms with Crippen molar-refractivity contribution < 1.29 is 8.42 Å². The molecule has 0 aliphatic carbocycles. The maximum atomic E-state index is 12.2. The van der Waals surface area contributed by atoms with Crippen molar-refractivity contribution in [1.82, 2.24) is 9.62 Å². The SMILES string of the molecule is CCC(N)c1cccc(S(=O)(=O)NCCCCN(C)C)c1. The van der Waals surface area contributed by atoms with E-state index in [1.165, 1.54) is 0 Å². The summed E-state index contributed by atoms with van der Waals surface area (Å²) in [5.41, 5.74) is 6.81. The molecule has 0 spiro atoms. The fourth-order valence-electron chi connectivity index (χ4n) is 1.99. The van der Waals surface area contributed by atoms with Crippen LogP contribution in [0.15, 0.2) is 29.2 Å². The molecule has 21 heavy (non-hydrogen) atoms. The van der Waals surface area contributed by atoms with Crippen molar-refractivity contribution in [3.8, 4) is 0 Å². The van der Waals surface area contributed by atoms with Gasteiger partial charge in [0.05, 0.1) is 4.90 Å². The number of hydrogen-bond acceptors (Lipinski definition) is 4. The summed E-state index contributed by atoms with van der Waals surface area (Å²) in [7, 11) is 0.569. The second-order valence-electron chi connectivity index (χ2n) is 5.50. The fourth-order valence-corrected chi connectivity index (χ4v) is 3.12. The van der Waals surface area contributed by atoms with Gasteiger partial charge in [-0.3, -0.25) is 0 Å². The van der Waals surface area contributed by atoms with Gasteiger partial charge in [0.2, 0.25) is 10.0 Å². The van der Waals surface area contributed by atoms with E-state index < -0.39 is 10.0 Å². The summed E-state index contributed by atoms with van der Waals surface area (Å²) in [4.78, 5) is 2.38. The molecule has 0 bridgehead atoms. The molecule has 6 heteroatoms. The first-order chi connectivity index (χ1) is 9.86. The van der Waals surface area contributed by atoms with Gasteiger partial charge in [-0.05, 0) is 57.6 Å². The highest BCUT2D eigenvalue weighted by molar-refractivity contribution is 7.89. The molecule has 120 valence electrons. The third-order valence-electron chi connectivity index (χ3n) is 3.36. The molecule has 0 amide bonds. The van der Waals surface area contributed by atoms with E-state index in [-0.39, 0.29) is 10.9 Å². The van der Waals surface area contributed by atoms with Crippen molar-refractivity contribution in [3.05, 3.63) is 29.8 Å². The van der Waals surface area contributed by atoms with Crippen LogP contribution in [-0.4, -0.2) is 40.5 Å². The van der Waals surface area contributed by atoms with Gasteiger partial charge in [-0.2, -0.15) is 0 Å². The molecule has 0 aliphatic rings. The Kier molecular flexibility index (Phi) is 7.31. The highest BCUT2D eigenvalue weighted by Crippen LogP contribution is 2.18. The summed E-state index contributed by atoms with van der Waals surface area (Å²) < 4.78 is 27.1. The van der Waals surface area contributed by atoms with Gasteiger partial charge >= 0.3 is 0 Å². The average Bonchev–Trinajstić information content (AvgIpc) is 2.45. The summed E-state index contributed by atoms with van der Waals surface area (Å²) in [6.07, 6.45) is 2.57. The Morgan fingerprint density at radius 1 is 1.29 bits per heavy atom. The second kappa shape index (κ2) is 8.48. The van der Waals surface area contributed by atoms with Crippen LogP contribution in [0.2, 0.25) is 0 Å². The minimum Gasteiger partial charge on any atom is -0.324 e. The van der Waals surface area contributed by atoms with E-state index >= 15 is 0 Å². The number of nitrogens with one attached hydrogen (secondary N) is 1. The van der Waals surface area contributed by atoms with Crippen LogP contribution in [0.25, 0.3) is 0 Å². The normalized spacial score (nSPS) is 13.6. The zero-order valence-corrected chi connectivity index (χ0v) is 14.0. The van der Waals surface area contributed by atoms with Crippen LogP contribution in [0, 0.1) is 0 Å². The zero-order valence-electron chi connectivity index (χ0n) is 13.2. The highest BCUT2D eigenvalue weighted by atomic mass is 32.2. The van der Waals surface area contributed by atoms with Crippen LogP contribution in [-0.2, 0) is 10.0 Å². The largest absolute Gasteiger partial charge is 0.324 e. The van der Waals surface area contributed by atoms with Crippen LogP contribution in [0.3, 0.4) is 0 Å². The number of unbranched alkanes of at least 4 members (excludes halogenated alkanes) is 1. The summed E-state index contributed by atoms with van der Waals surface area (Å²) >= 11 is 0. The van der Waals surface area contributed by atoms with Crippen LogP contribution in [0.1, 0.15) is 37.8 Å². The molecule has 1 atom stereocenters. The lowest BCUT2D eigenvalue weighted by molar-refractivity contribution is 0.394. The van der Waals surface area contributed by atoms with Gasteiger partial charge in [0, 0.05) is 12.6 Å². The van der Waals surface area contributed by atoms with E-state index in [2.05, 4.69) is 9.62 Å². The smallest absolute Gasteiger partial charge is 0.240 e. The Morgan fingerprint density at radius 3 is 2.62 bits per heavy atom. The first-order valence-corrected chi connectivity index (χ1v) is 8.85. The number of hydrogen-bond donors (Lipinski definition) is 2. The van der Waals surface area contributed by atoms with Crippen molar-refractivity contribution >= 4 is 10.0 Å². The van der Waals surface area contributed by atoms with Crippen molar-refractivity contribution in [1.29, 1.82) is 0 Å². The molecule has 0 aromatic heterocycles. The molecule has 0 saturated heterocycles. The monoisotopic (exact) mass is 313 g/mol. The maximum Gasteiger partial charge on any atom is 0.240 e. The summed E-state index contributed by atoms with van der Waals surface area (Å²) in [5.74, 6) is 0. The first-order valence-electron chi connectivity index (χ1n) is 7.36. The van der Waals surface area contributed by atoms with Crippen molar-refractivity contribution in [3.63, 3.8) is 0 Å². The van der Waals surface area contributed by atoms with Gasteiger partial charge in [-0.25, -0.2) is 13.1 Å². The highest BCUT2D eigenvalue weighted by Gasteiger charge is 2.15. The first kappa shape index (κ1) is 18.1. The third-order valence-corrected chi connectivity index (χ3v) is 4.82. The van der Waals surface area contributed by atoms with Gasteiger partial charge in [0.1, 0.15) is 0 Å². The molecule has 3 N–H and O–H groups in total. The van der Waals surface area contributed by atoms with E-state index in [1.807, 2.05) is 27.1 Å². The van der Waals surface area contributed by atoms with Crippen LogP contribution in [0.5, 0.6) is 0 Å². The molecular weight excluding hydrogens is 286 g/mol. The number of nitrogens with zero attached hydrogens (tertiary/aromatic N) is 1. The molecule has 1 unspecified atom stereocenters. The van der Waals surface area contributed by atoms with Gasteiger partial charge in [-0.1, -0.05) is 19.1 Å². The maximum absolute atomic E-state index is 12.2. The number of rotatable bonds is 9. The zero-order chi connectivity index (χ0) is 15.9. The van der Waals surface area contributed by atoms with E-state index in [0.717, 1.165) is 31.4 Å². The number of nitrogens with two attached hydrogens (primary N) is 1.